The summed E-state index contributed by atoms with van der Waals surface area (Å²) in [5.41, 5.74) is 0. The van der Waals surface area contributed by atoms with Gasteiger partial charge in [-0.1, -0.05) is 30.4 Å². The molecule has 86 valence electrons. The van der Waals surface area contributed by atoms with E-state index < -0.39 is 0 Å². The summed E-state index contributed by atoms with van der Waals surface area (Å²) in [4.78, 5) is 0. The molecule has 0 aliphatic rings. The Balaban J connectivity index is 3.56. The van der Waals surface area contributed by atoms with Crippen molar-refractivity contribution in [1.82, 2.24) is 0 Å². The highest BCUT2D eigenvalue weighted by molar-refractivity contribution is 4.90. The van der Waals surface area contributed by atoms with E-state index in [1.54, 1.807) is 12.2 Å². The molecule has 0 radical (unpaired) electrons. The highest BCUT2D eigenvalue weighted by Crippen LogP contribution is 2.14. The van der Waals surface area contributed by atoms with Crippen LogP contribution in [0.1, 0.15) is 25.7 Å². The van der Waals surface area contributed by atoms with E-state index in [-0.39, 0.29) is 13.2 Å². The normalized spacial score (nSPS) is 13.7. The minimum absolute atomic E-state index is 0.114. The number of unbranched alkanes of at least 4 members (excludes halogenated alkanes) is 1. The van der Waals surface area contributed by atoms with Crippen molar-refractivity contribution in [2.24, 2.45) is 5.92 Å². The third-order valence-electron chi connectivity index (χ3n) is 2.26. The van der Waals surface area contributed by atoms with Gasteiger partial charge in [0.15, 0.2) is 0 Å². The lowest BCUT2D eigenvalue weighted by molar-refractivity contribution is 0.342. The van der Waals surface area contributed by atoms with E-state index in [4.69, 9.17) is 10.2 Å². The van der Waals surface area contributed by atoms with Gasteiger partial charge in [0.2, 0.25) is 0 Å². The Morgan fingerprint density at radius 2 is 1.67 bits per heavy atom. The summed E-state index contributed by atoms with van der Waals surface area (Å²) >= 11 is 0. The van der Waals surface area contributed by atoms with E-state index in [1.165, 1.54) is 0 Å². The molecule has 1 atom stereocenters. The first kappa shape index (κ1) is 14.1. The van der Waals surface area contributed by atoms with E-state index in [9.17, 15) is 0 Å². The Hall–Kier alpha value is -0.860. The lowest BCUT2D eigenvalue weighted by atomic mass is 9.98. The van der Waals surface area contributed by atoms with Gasteiger partial charge in [-0.05, 0) is 31.6 Å². The van der Waals surface area contributed by atoms with Gasteiger partial charge in [-0.15, -0.1) is 6.58 Å². The Morgan fingerprint density at radius 1 is 1.00 bits per heavy atom. The van der Waals surface area contributed by atoms with Gasteiger partial charge in [-0.3, -0.25) is 0 Å². The van der Waals surface area contributed by atoms with Gasteiger partial charge in [0.1, 0.15) is 0 Å². The van der Waals surface area contributed by atoms with Crippen LogP contribution in [0.15, 0.2) is 37.0 Å². The second kappa shape index (κ2) is 11.2. The summed E-state index contributed by atoms with van der Waals surface area (Å²) in [5.74, 6) is 0.496. The molecule has 0 rings (SSSR count). The molecule has 0 aromatic heterocycles. The fourth-order valence-electron chi connectivity index (χ4n) is 1.37. The summed E-state index contributed by atoms with van der Waals surface area (Å²) in [7, 11) is 0. The molecule has 0 spiro atoms. The highest BCUT2D eigenvalue weighted by Gasteiger charge is 2.00. The number of rotatable bonds is 9. The quantitative estimate of drug-likeness (QED) is 0.453. The van der Waals surface area contributed by atoms with Crippen molar-refractivity contribution < 1.29 is 10.2 Å². The van der Waals surface area contributed by atoms with Crippen LogP contribution in [0.3, 0.4) is 0 Å². The largest absolute Gasteiger partial charge is 0.392 e. The summed E-state index contributed by atoms with van der Waals surface area (Å²) in [6.07, 6.45) is 13.7. The maximum atomic E-state index is 8.58. The van der Waals surface area contributed by atoms with Crippen molar-refractivity contribution in [3.63, 3.8) is 0 Å². The molecule has 2 heteroatoms. The standard InChI is InChI=1S/C13H22O2/c1-2-13(10-6-8-12-15)9-5-3-4-7-11-14/h2,4,6-8,13-15H,1,3,5,9-12H2/b7-4-,8-6+. The van der Waals surface area contributed by atoms with Gasteiger partial charge >= 0.3 is 0 Å². The van der Waals surface area contributed by atoms with E-state index in [1.807, 2.05) is 18.2 Å². The average Bonchev–Trinajstić information content (AvgIpc) is 2.26. The fraction of sp³-hybridized carbons (Fsp3) is 0.538. The van der Waals surface area contributed by atoms with E-state index >= 15 is 0 Å². The maximum Gasteiger partial charge on any atom is 0.0612 e. The van der Waals surface area contributed by atoms with Crippen LogP contribution in [-0.4, -0.2) is 23.4 Å². The molecule has 0 aliphatic heterocycles. The summed E-state index contributed by atoms with van der Waals surface area (Å²) in [5, 5.41) is 17.1. The molecule has 1 unspecified atom stereocenters. The minimum atomic E-state index is 0.114. The Morgan fingerprint density at radius 3 is 2.27 bits per heavy atom. The molecule has 0 fully saturated rings. The first-order chi connectivity index (χ1) is 7.35. The molecule has 0 aliphatic carbocycles. The molecular weight excluding hydrogens is 188 g/mol. The number of allylic oxidation sites excluding steroid dienone is 3. The van der Waals surface area contributed by atoms with Crippen LogP contribution >= 0.6 is 0 Å². The van der Waals surface area contributed by atoms with Gasteiger partial charge in [0.05, 0.1) is 13.2 Å². The van der Waals surface area contributed by atoms with Crippen LogP contribution in [-0.2, 0) is 0 Å². The van der Waals surface area contributed by atoms with Crippen LogP contribution < -0.4 is 0 Å². The summed E-state index contributed by atoms with van der Waals surface area (Å²) in [6.45, 7) is 4.04. The van der Waals surface area contributed by atoms with Crippen molar-refractivity contribution in [3.8, 4) is 0 Å². The van der Waals surface area contributed by atoms with E-state index in [0.717, 1.165) is 25.7 Å². The second-order valence-corrected chi connectivity index (χ2v) is 3.47. The topological polar surface area (TPSA) is 40.5 Å². The van der Waals surface area contributed by atoms with Crippen LogP contribution in [0, 0.1) is 5.92 Å². The first-order valence-corrected chi connectivity index (χ1v) is 5.49. The van der Waals surface area contributed by atoms with Crippen molar-refractivity contribution in [2.75, 3.05) is 13.2 Å². The van der Waals surface area contributed by atoms with Crippen molar-refractivity contribution in [2.45, 2.75) is 25.7 Å². The van der Waals surface area contributed by atoms with Crippen LogP contribution in [0.2, 0.25) is 0 Å². The van der Waals surface area contributed by atoms with Gasteiger partial charge in [-0.2, -0.15) is 0 Å². The summed E-state index contributed by atoms with van der Waals surface area (Å²) in [6, 6.07) is 0. The lowest BCUT2D eigenvalue weighted by Crippen LogP contribution is -1.94. The Kier molecular flexibility index (Phi) is 10.6. The monoisotopic (exact) mass is 210 g/mol. The van der Waals surface area contributed by atoms with Gasteiger partial charge < -0.3 is 10.2 Å². The zero-order chi connectivity index (χ0) is 11.4. The van der Waals surface area contributed by atoms with E-state index in [2.05, 4.69) is 6.58 Å². The van der Waals surface area contributed by atoms with Gasteiger partial charge in [0.25, 0.3) is 0 Å². The molecule has 2 nitrogen and oxygen atoms in total. The number of aliphatic hydroxyl groups excluding tert-OH is 2. The molecule has 0 saturated carbocycles. The predicted molar refractivity (Wildman–Crippen MR) is 64.6 cm³/mol. The molecule has 0 aromatic rings. The molecule has 0 aromatic carbocycles. The number of aliphatic hydroxyl groups is 2. The number of hydrogen-bond acceptors (Lipinski definition) is 2. The Labute approximate surface area is 92.6 Å². The van der Waals surface area contributed by atoms with Crippen LogP contribution in [0.4, 0.5) is 0 Å². The average molecular weight is 210 g/mol. The second-order valence-electron chi connectivity index (χ2n) is 3.47. The smallest absolute Gasteiger partial charge is 0.0612 e. The van der Waals surface area contributed by atoms with Crippen molar-refractivity contribution >= 4 is 0 Å². The van der Waals surface area contributed by atoms with Crippen LogP contribution in [0.25, 0.3) is 0 Å². The number of hydrogen-bond donors (Lipinski definition) is 2. The van der Waals surface area contributed by atoms with Gasteiger partial charge in [-0.25, -0.2) is 0 Å². The third-order valence-corrected chi connectivity index (χ3v) is 2.26. The third kappa shape index (κ3) is 9.44. The molecule has 0 amide bonds. The summed E-state index contributed by atoms with van der Waals surface area (Å²) < 4.78 is 0. The van der Waals surface area contributed by atoms with Crippen molar-refractivity contribution in [1.29, 1.82) is 0 Å². The zero-order valence-corrected chi connectivity index (χ0v) is 9.31. The van der Waals surface area contributed by atoms with E-state index in [0.29, 0.717) is 5.92 Å². The molecule has 0 saturated heterocycles. The van der Waals surface area contributed by atoms with Gasteiger partial charge in [0, 0.05) is 0 Å². The SMILES string of the molecule is C=CC(C/C=C/CO)CCC/C=C\CO. The fourth-order valence-corrected chi connectivity index (χ4v) is 1.37. The molecular formula is C13H22O2. The minimum Gasteiger partial charge on any atom is -0.392 e. The zero-order valence-electron chi connectivity index (χ0n) is 9.31. The van der Waals surface area contributed by atoms with Crippen molar-refractivity contribution in [3.05, 3.63) is 37.0 Å². The molecule has 0 bridgehead atoms. The first-order valence-electron chi connectivity index (χ1n) is 5.49. The molecule has 2 N–H and O–H groups in total. The predicted octanol–water partition coefficient (Wildman–Crippen LogP) is 2.45. The molecule has 0 heterocycles. The van der Waals surface area contributed by atoms with Crippen LogP contribution in [0.5, 0.6) is 0 Å². The maximum absolute atomic E-state index is 8.58. The molecule has 15 heavy (non-hydrogen) atoms. The lowest BCUT2D eigenvalue weighted by Gasteiger charge is -2.08. The highest BCUT2D eigenvalue weighted by atomic mass is 16.3. The Bertz CT molecular complexity index is 195.